The quantitative estimate of drug-likeness (QED) is 0.410. The minimum atomic E-state index is -0.232. The van der Waals surface area contributed by atoms with Gasteiger partial charge in [0.15, 0.2) is 5.11 Å². The number of aryl methyl sites for hydroxylation is 2. The van der Waals surface area contributed by atoms with E-state index >= 15 is 0 Å². The van der Waals surface area contributed by atoms with Crippen LogP contribution in [0.2, 0.25) is 0 Å². The average Bonchev–Trinajstić information content (AvgIpc) is 3.32. The van der Waals surface area contributed by atoms with Crippen LogP contribution in [0.1, 0.15) is 40.3 Å². The SMILES string of the molecule is Cc1cc(N2C(=S)N[C@H](c3ccccn3)[C@@H]2c2cc(C)n(-c3cccnc3)c2C)ccc1F. The Balaban J connectivity index is 1.69. The lowest BCUT2D eigenvalue weighted by Crippen LogP contribution is -2.29. The number of halogens is 1. The molecule has 5 nitrogen and oxygen atoms in total. The molecule has 0 unspecified atom stereocenters. The van der Waals surface area contributed by atoms with E-state index in [1.807, 2.05) is 42.6 Å². The molecule has 0 spiro atoms. The zero-order valence-electron chi connectivity index (χ0n) is 18.7. The molecule has 2 atom stereocenters. The van der Waals surface area contributed by atoms with Crippen molar-refractivity contribution >= 4 is 23.0 Å². The largest absolute Gasteiger partial charge is 0.351 e. The van der Waals surface area contributed by atoms with E-state index in [4.69, 9.17) is 12.2 Å². The number of pyridine rings is 2. The van der Waals surface area contributed by atoms with Crippen LogP contribution in [0.15, 0.2) is 73.2 Å². The summed E-state index contributed by atoms with van der Waals surface area (Å²) in [5.74, 6) is -0.232. The molecule has 0 amide bonds. The van der Waals surface area contributed by atoms with Crippen LogP contribution < -0.4 is 10.2 Å². The number of nitrogens with zero attached hydrogens (tertiary/aromatic N) is 4. The van der Waals surface area contributed by atoms with Gasteiger partial charge in [-0.25, -0.2) is 4.39 Å². The fraction of sp³-hybridized carbons (Fsp3) is 0.192. The van der Waals surface area contributed by atoms with Crippen LogP contribution in [0.5, 0.6) is 0 Å². The molecule has 1 N–H and O–H groups in total. The van der Waals surface area contributed by atoms with Gasteiger partial charge >= 0.3 is 0 Å². The Labute approximate surface area is 197 Å². The molecule has 1 aliphatic heterocycles. The molecule has 0 saturated carbocycles. The van der Waals surface area contributed by atoms with Gasteiger partial charge in [0.05, 0.1) is 29.7 Å². The lowest BCUT2D eigenvalue weighted by Gasteiger charge is -2.28. The first-order valence-corrected chi connectivity index (χ1v) is 11.2. The topological polar surface area (TPSA) is 46.0 Å². The zero-order valence-corrected chi connectivity index (χ0v) is 19.5. The van der Waals surface area contributed by atoms with Crippen LogP contribution in [-0.2, 0) is 0 Å². The summed E-state index contributed by atoms with van der Waals surface area (Å²) in [6.07, 6.45) is 5.42. The Kier molecular flexibility index (Phi) is 5.42. The zero-order chi connectivity index (χ0) is 23.1. The van der Waals surface area contributed by atoms with E-state index in [-0.39, 0.29) is 17.9 Å². The van der Waals surface area contributed by atoms with E-state index in [1.54, 1.807) is 25.4 Å². The van der Waals surface area contributed by atoms with Gasteiger partial charge in [-0.2, -0.15) is 0 Å². The van der Waals surface area contributed by atoms with Crippen molar-refractivity contribution in [2.45, 2.75) is 32.9 Å². The van der Waals surface area contributed by atoms with Crippen molar-refractivity contribution in [2.75, 3.05) is 4.90 Å². The van der Waals surface area contributed by atoms with Crippen molar-refractivity contribution in [1.82, 2.24) is 19.9 Å². The smallest absolute Gasteiger partial charge is 0.174 e. The van der Waals surface area contributed by atoms with Gasteiger partial charge in [-0.05, 0) is 92.6 Å². The highest BCUT2D eigenvalue weighted by Crippen LogP contribution is 2.43. The highest BCUT2D eigenvalue weighted by molar-refractivity contribution is 7.80. The first-order valence-electron chi connectivity index (χ1n) is 10.8. The minimum absolute atomic E-state index is 0.158. The number of hydrogen-bond donors (Lipinski definition) is 1. The predicted octanol–water partition coefficient (Wildman–Crippen LogP) is 5.51. The predicted molar refractivity (Wildman–Crippen MR) is 132 cm³/mol. The van der Waals surface area contributed by atoms with E-state index in [1.165, 1.54) is 6.07 Å². The highest BCUT2D eigenvalue weighted by Gasteiger charge is 2.42. The van der Waals surface area contributed by atoms with Gasteiger partial charge in [0.2, 0.25) is 0 Å². The Morgan fingerprint density at radius 2 is 1.82 bits per heavy atom. The van der Waals surface area contributed by atoms with Crippen LogP contribution in [0.25, 0.3) is 5.69 Å². The lowest BCUT2D eigenvalue weighted by molar-refractivity contribution is 0.564. The molecule has 5 rings (SSSR count). The van der Waals surface area contributed by atoms with Crippen molar-refractivity contribution in [3.8, 4) is 5.69 Å². The second kappa shape index (κ2) is 8.41. The van der Waals surface area contributed by atoms with E-state index in [9.17, 15) is 4.39 Å². The van der Waals surface area contributed by atoms with Crippen LogP contribution in [0.3, 0.4) is 0 Å². The monoisotopic (exact) mass is 457 g/mol. The molecule has 7 heteroatoms. The molecule has 0 radical (unpaired) electrons. The summed E-state index contributed by atoms with van der Waals surface area (Å²) in [5.41, 5.74) is 6.66. The third kappa shape index (κ3) is 3.68. The number of thiocarbonyl (C=S) groups is 1. The normalized spacial score (nSPS) is 17.9. The van der Waals surface area contributed by atoms with Crippen LogP contribution in [0, 0.1) is 26.6 Å². The molecule has 1 aromatic carbocycles. The summed E-state index contributed by atoms with van der Waals surface area (Å²) < 4.78 is 16.3. The fourth-order valence-electron chi connectivity index (χ4n) is 4.70. The molecule has 4 heterocycles. The van der Waals surface area contributed by atoms with Gasteiger partial charge in [-0.3, -0.25) is 9.97 Å². The van der Waals surface area contributed by atoms with Crippen LogP contribution in [0.4, 0.5) is 10.1 Å². The van der Waals surface area contributed by atoms with Gasteiger partial charge in [0.25, 0.3) is 0 Å². The van der Waals surface area contributed by atoms with Crippen molar-refractivity contribution in [3.63, 3.8) is 0 Å². The van der Waals surface area contributed by atoms with E-state index in [2.05, 4.69) is 44.7 Å². The average molecular weight is 458 g/mol. The number of nitrogens with one attached hydrogen (secondary N) is 1. The number of benzene rings is 1. The highest BCUT2D eigenvalue weighted by atomic mass is 32.1. The van der Waals surface area contributed by atoms with Crippen molar-refractivity contribution in [2.24, 2.45) is 0 Å². The van der Waals surface area contributed by atoms with E-state index in [0.29, 0.717) is 10.7 Å². The third-order valence-electron chi connectivity index (χ3n) is 6.21. The Morgan fingerprint density at radius 1 is 0.970 bits per heavy atom. The molecular weight excluding hydrogens is 433 g/mol. The first-order chi connectivity index (χ1) is 16.0. The Morgan fingerprint density at radius 3 is 2.52 bits per heavy atom. The minimum Gasteiger partial charge on any atom is -0.351 e. The number of aromatic nitrogens is 3. The molecule has 0 aliphatic carbocycles. The fourth-order valence-corrected chi connectivity index (χ4v) is 5.04. The summed E-state index contributed by atoms with van der Waals surface area (Å²) in [7, 11) is 0. The molecule has 3 aromatic heterocycles. The van der Waals surface area contributed by atoms with Gasteiger partial charge in [0, 0.05) is 29.5 Å². The second-order valence-corrected chi connectivity index (χ2v) is 8.69. The summed E-state index contributed by atoms with van der Waals surface area (Å²) >= 11 is 5.81. The maximum Gasteiger partial charge on any atom is 0.174 e. The molecule has 166 valence electrons. The molecule has 1 saturated heterocycles. The van der Waals surface area contributed by atoms with Crippen LogP contribution >= 0.6 is 12.2 Å². The molecule has 33 heavy (non-hydrogen) atoms. The summed E-state index contributed by atoms with van der Waals surface area (Å²) in [6.45, 7) is 5.97. The standard InChI is InChI=1S/C26H24FN5S/c1-16-13-19(9-10-22(16)27)32-25(24(30-26(32)33)23-8-4-5-12-29-23)21-14-17(2)31(18(21)3)20-7-6-11-28-15-20/h4-15,24-25H,1-3H3,(H,30,33)/t24-,25+/m1/s1. The molecule has 1 fully saturated rings. The summed E-state index contributed by atoms with van der Waals surface area (Å²) in [6, 6.07) is 16.9. The van der Waals surface area contributed by atoms with Gasteiger partial charge in [-0.15, -0.1) is 0 Å². The van der Waals surface area contributed by atoms with Crippen molar-refractivity contribution < 1.29 is 4.39 Å². The maximum atomic E-state index is 14.1. The first kappa shape index (κ1) is 21.3. The summed E-state index contributed by atoms with van der Waals surface area (Å²) in [4.78, 5) is 11.0. The van der Waals surface area contributed by atoms with Crippen molar-refractivity contribution in [3.05, 3.63) is 107 Å². The second-order valence-electron chi connectivity index (χ2n) is 8.30. The Hall–Kier alpha value is -3.58. The number of anilines is 1. The maximum absolute atomic E-state index is 14.1. The number of rotatable bonds is 4. The van der Waals surface area contributed by atoms with Crippen molar-refractivity contribution in [1.29, 1.82) is 0 Å². The summed E-state index contributed by atoms with van der Waals surface area (Å²) in [5, 5.41) is 4.07. The van der Waals surface area contributed by atoms with E-state index in [0.717, 1.165) is 34.0 Å². The van der Waals surface area contributed by atoms with Gasteiger partial charge in [0.1, 0.15) is 5.82 Å². The molecule has 1 aliphatic rings. The molecule has 4 aromatic rings. The lowest BCUT2D eigenvalue weighted by atomic mass is 9.96. The van der Waals surface area contributed by atoms with Crippen LogP contribution in [-0.4, -0.2) is 19.6 Å². The number of hydrogen-bond acceptors (Lipinski definition) is 3. The van der Waals surface area contributed by atoms with E-state index < -0.39 is 0 Å². The molecule has 0 bridgehead atoms. The van der Waals surface area contributed by atoms with Gasteiger partial charge in [-0.1, -0.05) is 6.07 Å². The Bertz CT molecular complexity index is 1320. The van der Waals surface area contributed by atoms with Gasteiger partial charge < -0.3 is 14.8 Å². The molecular formula is C26H24FN5S. The third-order valence-corrected chi connectivity index (χ3v) is 6.53.